The number of carbonyl (C=O) groups excluding carboxylic acids is 1. The van der Waals surface area contributed by atoms with E-state index in [1.54, 1.807) is 0 Å². The van der Waals surface area contributed by atoms with Crippen molar-refractivity contribution in [2.45, 2.75) is 12.8 Å². The molecule has 0 saturated heterocycles. The van der Waals surface area contributed by atoms with Crippen molar-refractivity contribution < 1.29 is 9.72 Å². The third kappa shape index (κ3) is 4.18. The Morgan fingerprint density at radius 3 is 2.79 bits per heavy atom. The van der Waals surface area contributed by atoms with Gasteiger partial charge in [-0.25, -0.2) is 0 Å². The Kier molecular flexibility index (Phi) is 4.34. The molecule has 7 heteroatoms. The maximum absolute atomic E-state index is 11.6. The summed E-state index contributed by atoms with van der Waals surface area (Å²) < 4.78 is 0. The number of amides is 1. The highest BCUT2D eigenvalue weighted by Crippen LogP contribution is 2.28. The molecule has 0 unspecified atom stereocenters. The maximum Gasteiger partial charge on any atom is 0.288 e. The Balaban J connectivity index is 1.85. The summed E-state index contributed by atoms with van der Waals surface area (Å²) >= 11 is 5.75. The highest BCUT2D eigenvalue weighted by Gasteiger charge is 2.20. The Hall–Kier alpha value is -1.66. The molecule has 1 aromatic carbocycles. The van der Waals surface area contributed by atoms with Crippen LogP contribution in [0, 0.1) is 16.0 Å². The lowest BCUT2D eigenvalue weighted by molar-refractivity contribution is -0.384. The summed E-state index contributed by atoms with van der Waals surface area (Å²) in [7, 11) is 0. The van der Waals surface area contributed by atoms with Crippen LogP contribution >= 0.6 is 11.6 Å². The fourth-order valence-electron chi connectivity index (χ4n) is 1.65. The van der Waals surface area contributed by atoms with Crippen LogP contribution in [-0.4, -0.2) is 23.9 Å². The third-order valence-corrected chi connectivity index (χ3v) is 3.15. The van der Waals surface area contributed by atoms with Gasteiger partial charge in [-0.1, -0.05) is 11.6 Å². The normalized spacial score (nSPS) is 14.2. The zero-order chi connectivity index (χ0) is 13.8. The van der Waals surface area contributed by atoms with Crippen LogP contribution in [0.15, 0.2) is 18.2 Å². The van der Waals surface area contributed by atoms with Gasteiger partial charge in [-0.3, -0.25) is 14.9 Å². The van der Waals surface area contributed by atoms with E-state index in [2.05, 4.69) is 10.6 Å². The van der Waals surface area contributed by atoms with Crippen molar-refractivity contribution in [3.63, 3.8) is 0 Å². The minimum Gasteiger partial charge on any atom is -0.325 e. The largest absolute Gasteiger partial charge is 0.325 e. The molecule has 0 aliphatic heterocycles. The Morgan fingerprint density at radius 1 is 1.47 bits per heavy atom. The van der Waals surface area contributed by atoms with E-state index in [0.29, 0.717) is 11.6 Å². The monoisotopic (exact) mass is 283 g/mol. The molecule has 0 aromatic heterocycles. The number of halogens is 1. The number of anilines is 1. The first-order valence-electron chi connectivity index (χ1n) is 6.01. The van der Waals surface area contributed by atoms with Crippen molar-refractivity contribution in [2.75, 3.05) is 18.4 Å². The van der Waals surface area contributed by atoms with Gasteiger partial charge >= 0.3 is 0 Å². The summed E-state index contributed by atoms with van der Waals surface area (Å²) in [6.07, 6.45) is 2.46. The summed E-state index contributed by atoms with van der Waals surface area (Å²) in [5, 5.41) is 16.3. The van der Waals surface area contributed by atoms with Gasteiger partial charge in [-0.15, -0.1) is 0 Å². The first kappa shape index (κ1) is 13.8. The van der Waals surface area contributed by atoms with Gasteiger partial charge < -0.3 is 10.6 Å². The van der Waals surface area contributed by atoms with Crippen LogP contribution in [-0.2, 0) is 4.79 Å². The molecule has 1 aliphatic rings. The molecule has 102 valence electrons. The van der Waals surface area contributed by atoms with Gasteiger partial charge in [0.05, 0.1) is 11.5 Å². The molecular formula is C12H14ClN3O3. The van der Waals surface area contributed by atoms with Crippen molar-refractivity contribution in [3.8, 4) is 0 Å². The van der Waals surface area contributed by atoms with Gasteiger partial charge in [0, 0.05) is 11.8 Å². The van der Waals surface area contributed by atoms with Crippen LogP contribution in [0.1, 0.15) is 12.8 Å². The van der Waals surface area contributed by atoms with E-state index in [1.807, 2.05) is 0 Å². The number of hydrogen-bond acceptors (Lipinski definition) is 4. The van der Waals surface area contributed by atoms with Crippen molar-refractivity contribution >= 4 is 28.9 Å². The van der Waals surface area contributed by atoms with Crippen LogP contribution in [0.25, 0.3) is 0 Å². The molecule has 0 spiro atoms. The van der Waals surface area contributed by atoms with Gasteiger partial charge in [0.2, 0.25) is 5.91 Å². The quantitative estimate of drug-likeness (QED) is 0.619. The smallest absolute Gasteiger partial charge is 0.288 e. The van der Waals surface area contributed by atoms with Gasteiger partial charge in [-0.05, 0) is 37.4 Å². The van der Waals surface area contributed by atoms with Crippen LogP contribution in [0.2, 0.25) is 5.02 Å². The molecule has 1 aliphatic carbocycles. The molecule has 6 nitrogen and oxygen atoms in total. The van der Waals surface area contributed by atoms with E-state index < -0.39 is 4.92 Å². The van der Waals surface area contributed by atoms with E-state index in [1.165, 1.54) is 31.0 Å². The molecule has 1 saturated carbocycles. The average Bonchev–Trinajstić information content (AvgIpc) is 3.12. The molecule has 19 heavy (non-hydrogen) atoms. The van der Waals surface area contributed by atoms with Gasteiger partial charge in [0.1, 0.15) is 5.02 Å². The van der Waals surface area contributed by atoms with Crippen molar-refractivity contribution in [3.05, 3.63) is 33.3 Å². The number of nitro groups is 1. The summed E-state index contributed by atoms with van der Waals surface area (Å²) in [4.78, 5) is 21.6. The maximum atomic E-state index is 11.6. The van der Waals surface area contributed by atoms with Crippen molar-refractivity contribution in [1.29, 1.82) is 0 Å². The van der Waals surface area contributed by atoms with E-state index >= 15 is 0 Å². The molecule has 1 aromatic rings. The van der Waals surface area contributed by atoms with E-state index in [0.717, 1.165) is 6.54 Å². The van der Waals surface area contributed by atoms with E-state index in [9.17, 15) is 14.9 Å². The van der Waals surface area contributed by atoms with Gasteiger partial charge in [-0.2, -0.15) is 0 Å². The fourth-order valence-corrected chi connectivity index (χ4v) is 1.90. The zero-order valence-corrected chi connectivity index (χ0v) is 10.9. The number of carbonyl (C=O) groups is 1. The van der Waals surface area contributed by atoms with Crippen LogP contribution < -0.4 is 10.6 Å². The first-order valence-corrected chi connectivity index (χ1v) is 6.38. The third-order valence-electron chi connectivity index (χ3n) is 2.84. The van der Waals surface area contributed by atoms with Crippen molar-refractivity contribution in [2.24, 2.45) is 5.92 Å². The summed E-state index contributed by atoms with van der Waals surface area (Å²) in [6, 6.07) is 4.11. The minimum atomic E-state index is -0.564. The van der Waals surface area contributed by atoms with E-state index in [4.69, 9.17) is 11.6 Å². The second kappa shape index (κ2) is 5.99. The minimum absolute atomic E-state index is 0.00809. The predicted octanol–water partition coefficient (Wildman–Crippen LogP) is 2.19. The molecule has 0 heterocycles. The molecular weight excluding hydrogens is 270 g/mol. The number of benzene rings is 1. The topological polar surface area (TPSA) is 84.3 Å². The number of nitrogens with zero attached hydrogens (tertiary/aromatic N) is 1. The highest BCUT2D eigenvalue weighted by atomic mass is 35.5. The van der Waals surface area contributed by atoms with Crippen LogP contribution in [0.4, 0.5) is 11.4 Å². The lowest BCUT2D eigenvalue weighted by Gasteiger charge is -2.06. The second-order valence-corrected chi connectivity index (χ2v) is 4.95. The molecule has 0 atom stereocenters. The number of nitro benzene ring substituents is 1. The SMILES string of the molecule is O=C(CNCC1CC1)Nc1ccc([N+](=O)[O-])c(Cl)c1. The molecule has 2 N–H and O–H groups in total. The van der Waals surface area contributed by atoms with Gasteiger partial charge in [0.15, 0.2) is 0 Å². The molecule has 1 amide bonds. The lowest BCUT2D eigenvalue weighted by Crippen LogP contribution is -2.29. The molecule has 2 rings (SSSR count). The van der Waals surface area contributed by atoms with Crippen LogP contribution in [0.3, 0.4) is 0 Å². The summed E-state index contributed by atoms with van der Waals surface area (Å²) in [6.45, 7) is 1.08. The first-order chi connectivity index (χ1) is 9.06. The zero-order valence-electron chi connectivity index (χ0n) is 10.2. The number of hydrogen-bond donors (Lipinski definition) is 2. The Labute approximate surface area is 115 Å². The summed E-state index contributed by atoms with van der Waals surface area (Å²) in [5.74, 6) is 0.521. The number of nitrogens with one attached hydrogen (secondary N) is 2. The molecule has 1 fully saturated rings. The Morgan fingerprint density at radius 2 is 2.21 bits per heavy atom. The Bertz CT molecular complexity index is 503. The predicted molar refractivity (Wildman–Crippen MR) is 72.3 cm³/mol. The summed E-state index contributed by atoms with van der Waals surface area (Å²) in [5.41, 5.74) is 0.278. The van der Waals surface area contributed by atoms with Gasteiger partial charge in [0.25, 0.3) is 5.69 Å². The lowest BCUT2D eigenvalue weighted by atomic mass is 10.3. The molecule has 0 bridgehead atoms. The average molecular weight is 284 g/mol. The fraction of sp³-hybridized carbons (Fsp3) is 0.417. The highest BCUT2D eigenvalue weighted by molar-refractivity contribution is 6.33. The van der Waals surface area contributed by atoms with Crippen LogP contribution in [0.5, 0.6) is 0 Å². The standard InChI is InChI=1S/C12H14ClN3O3/c13-10-5-9(3-4-11(10)16(18)19)15-12(17)7-14-6-8-1-2-8/h3-5,8,14H,1-2,6-7H2,(H,15,17). The van der Waals surface area contributed by atoms with Crippen molar-refractivity contribution in [1.82, 2.24) is 5.32 Å². The van der Waals surface area contributed by atoms with E-state index in [-0.39, 0.29) is 23.2 Å². The number of rotatable bonds is 6. The molecule has 0 radical (unpaired) electrons. The second-order valence-electron chi connectivity index (χ2n) is 4.55.